The number of hydrogen-bond acceptors (Lipinski definition) is 8. The lowest BCUT2D eigenvalue weighted by molar-refractivity contribution is -0.123. The van der Waals surface area contributed by atoms with E-state index in [0.29, 0.717) is 27.9 Å². The Bertz CT molecular complexity index is 1270. The molecule has 0 spiro atoms. The third-order valence-corrected chi connectivity index (χ3v) is 6.97. The van der Waals surface area contributed by atoms with Crippen molar-refractivity contribution >= 4 is 50.2 Å². The molecule has 2 aromatic carbocycles. The highest BCUT2D eigenvalue weighted by molar-refractivity contribution is 8.15. The maximum Gasteiger partial charge on any atom is 0.338 e. The molecule has 2 aliphatic rings. The molecule has 2 aliphatic heterocycles. The molecule has 11 heteroatoms. The van der Waals surface area contributed by atoms with Gasteiger partial charge in [0.15, 0.2) is 11.3 Å². The maximum atomic E-state index is 12.5. The molecule has 0 saturated heterocycles. The SMILES string of the molecule is CC(OC(=O)c1ccc2c(c1)SC1=NS(=O)(=O)CCN12)C(=O)Nc1ccccc1C#N. The standard InChI is InChI=1S/C20H16N4O5S2/c1-12(18(25)22-15-5-3-2-4-14(15)11-21)29-19(26)13-6-7-16-17(10-13)30-20-23-31(27,28)9-8-24(16)20/h2-7,10,12H,8-9H2,1H3,(H,22,25). The van der Waals surface area contributed by atoms with Crippen LogP contribution < -0.4 is 10.2 Å². The third-order valence-electron chi connectivity index (χ3n) is 4.67. The van der Waals surface area contributed by atoms with Gasteiger partial charge in [-0.2, -0.15) is 5.26 Å². The maximum absolute atomic E-state index is 12.5. The summed E-state index contributed by atoms with van der Waals surface area (Å²) in [5.41, 5.74) is 1.63. The Hall–Kier alpha value is -3.36. The minimum absolute atomic E-state index is 0.0676. The van der Waals surface area contributed by atoms with Crippen LogP contribution in [0.4, 0.5) is 11.4 Å². The van der Waals surface area contributed by atoms with Crippen LogP contribution in [0, 0.1) is 11.3 Å². The molecular weight excluding hydrogens is 440 g/mol. The molecule has 0 fully saturated rings. The van der Waals surface area contributed by atoms with E-state index in [0.717, 1.165) is 17.4 Å². The Kier molecular flexibility index (Phi) is 5.43. The number of thioether (sulfide) groups is 1. The topological polar surface area (TPSA) is 129 Å². The van der Waals surface area contributed by atoms with E-state index >= 15 is 0 Å². The first kappa shape index (κ1) is 20.9. The molecule has 9 nitrogen and oxygen atoms in total. The van der Waals surface area contributed by atoms with Crippen LogP contribution in [0.5, 0.6) is 0 Å². The number of nitrogens with one attached hydrogen (secondary N) is 1. The summed E-state index contributed by atoms with van der Waals surface area (Å²) in [4.78, 5) is 27.4. The fourth-order valence-corrected chi connectivity index (χ4v) is 5.36. The number of nitriles is 1. The predicted molar refractivity (Wildman–Crippen MR) is 116 cm³/mol. The van der Waals surface area contributed by atoms with E-state index in [1.165, 1.54) is 6.92 Å². The number of esters is 1. The van der Waals surface area contributed by atoms with Crippen molar-refractivity contribution in [2.75, 3.05) is 22.5 Å². The summed E-state index contributed by atoms with van der Waals surface area (Å²) in [6.45, 7) is 1.73. The smallest absolute Gasteiger partial charge is 0.338 e. The van der Waals surface area contributed by atoms with Gasteiger partial charge in [-0.1, -0.05) is 12.1 Å². The number of nitrogens with zero attached hydrogens (tertiary/aromatic N) is 3. The van der Waals surface area contributed by atoms with Crippen LogP contribution in [0.3, 0.4) is 0 Å². The zero-order valence-corrected chi connectivity index (χ0v) is 17.9. The van der Waals surface area contributed by atoms with E-state index in [9.17, 15) is 18.0 Å². The minimum atomic E-state index is -3.47. The first-order valence-electron chi connectivity index (χ1n) is 9.20. The molecule has 2 aromatic rings. The van der Waals surface area contributed by atoms with Gasteiger partial charge in [-0.3, -0.25) is 4.79 Å². The Morgan fingerprint density at radius 1 is 1.29 bits per heavy atom. The fourth-order valence-electron chi connectivity index (χ4n) is 3.06. The number of sulfonamides is 1. The van der Waals surface area contributed by atoms with Crippen molar-refractivity contribution in [2.45, 2.75) is 17.9 Å². The Morgan fingerprint density at radius 2 is 2.06 bits per heavy atom. The third kappa shape index (κ3) is 4.26. The zero-order valence-electron chi connectivity index (χ0n) is 16.2. The average molecular weight is 457 g/mol. The molecule has 1 amide bonds. The van der Waals surface area contributed by atoms with Crippen LogP contribution in [-0.2, 0) is 19.6 Å². The van der Waals surface area contributed by atoms with Gasteiger partial charge in [-0.05, 0) is 49.0 Å². The number of anilines is 2. The second-order valence-corrected chi connectivity index (χ2v) is 9.55. The van der Waals surface area contributed by atoms with Gasteiger partial charge in [-0.15, -0.1) is 4.40 Å². The van der Waals surface area contributed by atoms with Gasteiger partial charge in [0.1, 0.15) is 6.07 Å². The van der Waals surface area contributed by atoms with E-state index in [1.807, 2.05) is 6.07 Å². The van der Waals surface area contributed by atoms with Gasteiger partial charge in [0, 0.05) is 11.4 Å². The summed E-state index contributed by atoms with van der Waals surface area (Å²) >= 11 is 1.16. The van der Waals surface area contributed by atoms with Crippen molar-refractivity contribution in [1.29, 1.82) is 5.26 Å². The molecule has 31 heavy (non-hydrogen) atoms. The van der Waals surface area contributed by atoms with Gasteiger partial charge in [-0.25, -0.2) is 13.2 Å². The molecule has 0 saturated carbocycles. The van der Waals surface area contributed by atoms with E-state index in [-0.39, 0.29) is 11.3 Å². The van der Waals surface area contributed by atoms with Gasteiger partial charge < -0.3 is 15.0 Å². The largest absolute Gasteiger partial charge is 0.449 e. The summed E-state index contributed by atoms with van der Waals surface area (Å²) < 4.78 is 32.5. The molecule has 158 valence electrons. The summed E-state index contributed by atoms with van der Waals surface area (Å²) in [5, 5.41) is 12.0. The van der Waals surface area contributed by atoms with Crippen LogP contribution in [0.2, 0.25) is 0 Å². The normalized spacial score (nSPS) is 16.9. The number of benzene rings is 2. The number of amidine groups is 1. The lowest BCUT2D eigenvalue weighted by atomic mass is 10.2. The molecule has 0 radical (unpaired) electrons. The number of rotatable bonds is 4. The second kappa shape index (κ2) is 8.05. The van der Waals surface area contributed by atoms with Crippen LogP contribution in [0.1, 0.15) is 22.8 Å². The van der Waals surface area contributed by atoms with Crippen LogP contribution >= 0.6 is 11.8 Å². The van der Waals surface area contributed by atoms with Gasteiger partial charge >= 0.3 is 5.97 Å². The van der Waals surface area contributed by atoms with E-state index < -0.39 is 28.0 Å². The molecule has 1 atom stereocenters. The Morgan fingerprint density at radius 3 is 2.84 bits per heavy atom. The minimum Gasteiger partial charge on any atom is -0.449 e. The molecule has 1 N–H and O–H groups in total. The highest BCUT2D eigenvalue weighted by Crippen LogP contribution is 2.42. The Labute approximate surface area is 182 Å². The number of ether oxygens (including phenoxy) is 1. The number of hydrogen-bond donors (Lipinski definition) is 1. The first-order chi connectivity index (χ1) is 14.8. The van der Waals surface area contributed by atoms with Crippen LogP contribution in [0.15, 0.2) is 51.8 Å². The van der Waals surface area contributed by atoms with Crippen molar-refractivity contribution in [2.24, 2.45) is 4.40 Å². The first-order valence-corrected chi connectivity index (χ1v) is 11.6. The Balaban J connectivity index is 1.45. The van der Waals surface area contributed by atoms with E-state index in [4.69, 9.17) is 10.00 Å². The summed E-state index contributed by atoms with van der Waals surface area (Å²) in [5.74, 6) is -1.33. The van der Waals surface area contributed by atoms with Crippen molar-refractivity contribution < 1.29 is 22.7 Å². The summed E-state index contributed by atoms with van der Waals surface area (Å²) in [7, 11) is -3.47. The number of carbonyl (C=O) groups excluding carboxylic acids is 2. The second-order valence-electron chi connectivity index (χ2n) is 6.79. The van der Waals surface area contributed by atoms with Crippen molar-refractivity contribution in [3.63, 3.8) is 0 Å². The monoisotopic (exact) mass is 456 g/mol. The number of amides is 1. The molecule has 1 unspecified atom stereocenters. The molecule has 0 aromatic heterocycles. The van der Waals surface area contributed by atoms with Crippen molar-refractivity contribution in [3.05, 3.63) is 53.6 Å². The molecule has 0 aliphatic carbocycles. The number of para-hydroxylation sites is 1. The fraction of sp³-hybridized carbons (Fsp3) is 0.200. The van der Waals surface area contributed by atoms with Crippen LogP contribution in [-0.4, -0.2) is 43.9 Å². The highest BCUT2D eigenvalue weighted by atomic mass is 32.2. The van der Waals surface area contributed by atoms with Gasteiger partial charge in [0.25, 0.3) is 15.9 Å². The summed E-state index contributed by atoms with van der Waals surface area (Å²) in [6.07, 6.45) is -1.10. The molecule has 2 heterocycles. The number of fused-ring (bicyclic) bond motifs is 3. The lowest BCUT2D eigenvalue weighted by Crippen LogP contribution is -2.35. The molecule has 0 bridgehead atoms. The molecular formula is C20H16N4O5S2. The average Bonchev–Trinajstić information content (AvgIpc) is 3.09. The zero-order chi connectivity index (χ0) is 22.2. The van der Waals surface area contributed by atoms with Gasteiger partial charge in [0.05, 0.1) is 28.3 Å². The predicted octanol–water partition coefficient (Wildman–Crippen LogP) is 2.35. The molecule has 4 rings (SSSR count). The van der Waals surface area contributed by atoms with E-state index in [1.54, 1.807) is 47.4 Å². The lowest BCUT2D eigenvalue weighted by Gasteiger charge is -2.22. The highest BCUT2D eigenvalue weighted by Gasteiger charge is 2.33. The van der Waals surface area contributed by atoms with Crippen molar-refractivity contribution in [3.8, 4) is 6.07 Å². The van der Waals surface area contributed by atoms with Crippen LogP contribution in [0.25, 0.3) is 0 Å². The summed E-state index contributed by atoms with van der Waals surface area (Å²) in [6, 6.07) is 13.3. The van der Waals surface area contributed by atoms with Crippen molar-refractivity contribution in [1.82, 2.24) is 0 Å². The van der Waals surface area contributed by atoms with E-state index in [2.05, 4.69) is 9.71 Å². The quantitative estimate of drug-likeness (QED) is 0.694. The van der Waals surface area contributed by atoms with Gasteiger partial charge in [0.2, 0.25) is 0 Å². The number of carbonyl (C=O) groups is 2.